The van der Waals surface area contributed by atoms with Crippen LogP contribution in [0.1, 0.15) is 25.3 Å². The van der Waals surface area contributed by atoms with Gasteiger partial charge in [0.2, 0.25) is 0 Å². The van der Waals surface area contributed by atoms with Crippen LogP contribution in [-0.2, 0) is 11.3 Å². The number of alkyl carbamates (subject to hydrolysis) is 1. The molecule has 2 rings (SSSR count). The van der Waals surface area contributed by atoms with Crippen molar-refractivity contribution >= 4 is 17.0 Å². The maximum absolute atomic E-state index is 11.4. The maximum Gasteiger partial charge on any atom is 0.407 e. The van der Waals surface area contributed by atoms with Gasteiger partial charge in [0.1, 0.15) is 0 Å². The van der Waals surface area contributed by atoms with Gasteiger partial charge in [-0.1, -0.05) is 31.5 Å². The third-order valence-electron chi connectivity index (χ3n) is 2.83. The molecule has 0 aliphatic rings. The van der Waals surface area contributed by atoms with Crippen molar-refractivity contribution in [2.45, 2.75) is 26.3 Å². The fourth-order valence-corrected chi connectivity index (χ4v) is 1.81. The minimum absolute atomic E-state index is 0.353. The number of aromatic nitrogens is 1. The number of rotatable bonds is 5. The molecule has 0 unspecified atom stereocenters. The highest BCUT2D eigenvalue weighted by Gasteiger charge is 2.05. The lowest BCUT2D eigenvalue weighted by molar-refractivity contribution is 0.144. The molecule has 0 radical (unpaired) electrons. The first-order valence-corrected chi connectivity index (χ1v) is 6.27. The lowest BCUT2D eigenvalue weighted by atomic mass is 10.2. The molecule has 0 fully saturated rings. The molecule has 0 aliphatic heterocycles. The molecule has 0 atom stereocenters. The number of nitrogens with one attached hydrogen (secondary N) is 2. The largest absolute Gasteiger partial charge is 0.450 e. The second-order valence-electron chi connectivity index (χ2n) is 4.20. The van der Waals surface area contributed by atoms with Crippen LogP contribution >= 0.6 is 0 Å². The monoisotopic (exact) mass is 246 g/mol. The van der Waals surface area contributed by atoms with Crippen molar-refractivity contribution in [3.8, 4) is 0 Å². The molecule has 2 N–H and O–H groups in total. The first kappa shape index (κ1) is 12.5. The summed E-state index contributed by atoms with van der Waals surface area (Å²) in [6.45, 7) is 3.03. The quantitative estimate of drug-likeness (QED) is 0.796. The summed E-state index contributed by atoms with van der Waals surface area (Å²) in [5.74, 6) is 0. The number of hydrogen-bond acceptors (Lipinski definition) is 2. The molecule has 0 aliphatic carbocycles. The zero-order chi connectivity index (χ0) is 12.8. The van der Waals surface area contributed by atoms with E-state index in [1.165, 1.54) is 0 Å². The van der Waals surface area contributed by atoms with Gasteiger partial charge in [0.15, 0.2) is 0 Å². The Balaban J connectivity index is 1.88. The molecule has 4 heteroatoms. The summed E-state index contributed by atoms with van der Waals surface area (Å²) in [7, 11) is 0. The van der Waals surface area contributed by atoms with E-state index in [1.807, 2.05) is 30.5 Å². The lowest BCUT2D eigenvalue weighted by Gasteiger charge is -2.05. The zero-order valence-corrected chi connectivity index (χ0v) is 10.5. The fraction of sp³-hybridized carbons (Fsp3) is 0.357. The predicted octanol–water partition coefficient (Wildman–Crippen LogP) is 3.19. The van der Waals surface area contributed by atoms with Gasteiger partial charge in [-0.3, -0.25) is 0 Å². The zero-order valence-electron chi connectivity index (χ0n) is 10.5. The molecule has 18 heavy (non-hydrogen) atoms. The number of carbonyl (C=O) groups excluding carboxylic acids is 1. The molecule has 0 spiro atoms. The molecule has 1 aromatic heterocycles. The summed E-state index contributed by atoms with van der Waals surface area (Å²) >= 11 is 0. The van der Waals surface area contributed by atoms with Gasteiger partial charge in [0, 0.05) is 23.6 Å². The molecule has 1 aromatic carbocycles. The molecule has 0 saturated heterocycles. The van der Waals surface area contributed by atoms with Crippen LogP contribution in [-0.4, -0.2) is 17.7 Å². The highest BCUT2D eigenvalue weighted by Crippen LogP contribution is 2.17. The molecule has 1 heterocycles. The molecule has 2 aromatic rings. The average Bonchev–Trinajstić information content (AvgIpc) is 2.80. The van der Waals surface area contributed by atoms with Gasteiger partial charge in [-0.05, 0) is 18.1 Å². The van der Waals surface area contributed by atoms with Crippen LogP contribution in [0.3, 0.4) is 0 Å². The van der Waals surface area contributed by atoms with Crippen molar-refractivity contribution in [3.63, 3.8) is 0 Å². The van der Waals surface area contributed by atoms with Crippen molar-refractivity contribution in [2.24, 2.45) is 0 Å². The van der Waals surface area contributed by atoms with Gasteiger partial charge in [0.05, 0.1) is 6.61 Å². The Morgan fingerprint density at radius 1 is 1.39 bits per heavy atom. The molecule has 4 nitrogen and oxygen atoms in total. The number of carbonyl (C=O) groups is 1. The molecule has 96 valence electrons. The number of benzene rings is 1. The van der Waals surface area contributed by atoms with Crippen LogP contribution in [0.25, 0.3) is 10.9 Å². The van der Waals surface area contributed by atoms with Crippen molar-refractivity contribution in [2.75, 3.05) is 6.61 Å². The van der Waals surface area contributed by atoms with E-state index >= 15 is 0 Å². The van der Waals surface area contributed by atoms with E-state index in [9.17, 15) is 4.79 Å². The standard InChI is InChI=1S/C14H18N2O2/c1-2-3-8-18-14(17)16-10-11-9-15-13-7-5-4-6-12(11)13/h4-7,9,15H,2-3,8,10H2,1H3,(H,16,17). The highest BCUT2D eigenvalue weighted by atomic mass is 16.5. The van der Waals surface area contributed by atoms with E-state index in [0.29, 0.717) is 13.2 Å². The van der Waals surface area contributed by atoms with Gasteiger partial charge in [-0.25, -0.2) is 4.79 Å². The van der Waals surface area contributed by atoms with Crippen LogP contribution in [0.4, 0.5) is 4.79 Å². The molecule has 1 amide bonds. The number of fused-ring (bicyclic) bond motifs is 1. The number of amides is 1. The molecule has 0 bridgehead atoms. The number of unbranched alkanes of at least 4 members (excludes halogenated alkanes) is 1. The summed E-state index contributed by atoms with van der Waals surface area (Å²) < 4.78 is 5.03. The van der Waals surface area contributed by atoms with Crippen LogP contribution in [0.2, 0.25) is 0 Å². The lowest BCUT2D eigenvalue weighted by Crippen LogP contribution is -2.23. The normalized spacial score (nSPS) is 10.5. The first-order chi connectivity index (χ1) is 8.81. The van der Waals surface area contributed by atoms with E-state index in [1.54, 1.807) is 0 Å². The Morgan fingerprint density at radius 2 is 2.22 bits per heavy atom. The number of H-pyrrole nitrogens is 1. The van der Waals surface area contributed by atoms with Crippen molar-refractivity contribution in [1.82, 2.24) is 10.3 Å². The predicted molar refractivity (Wildman–Crippen MR) is 71.4 cm³/mol. The van der Waals surface area contributed by atoms with Gasteiger partial charge < -0.3 is 15.0 Å². The summed E-state index contributed by atoms with van der Waals surface area (Å²) in [6.07, 6.45) is 3.49. The van der Waals surface area contributed by atoms with E-state index in [2.05, 4.69) is 17.2 Å². The van der Waals surface area contributed by atoms with Crippen LogP contribution in [0.5, 0.6) is 0 Å². The second-order valence-corrected chi connectivity index (χ2v) is 4.20. The Hall–Kier alpha value is -1.97. The topological polar surface area (TPSA) is 54.1 Å². The van der Waals surface area contributed by atoms with Gasteiger partial charge in [-0.2, -0.15) is 0 Å². The smallest absolute Gasteiger partial charge is 0.407 e. The number of para-hydroxylation sites is 1. The van der Waals surface area contributed by atoms with Crippen molar-refractivity contribution < 1.29 is 9.53 Å². The third kappa shape index (κ3) is 3.03. The van der Waals surface area contributed by atoms with Gasteiger partial charge >= 0.3 is 6.09 Å². The maximum atomic E-state index is 11.4. The highest BCUT2D eigenvalue weighted by molar-refractivity contribution is 5.83. The first-order valence-electron chi connectivity index (χ1n) is 6.27. The Bertz CT molecular complexity index is 519. The van der Waals surface area contributed by atoms with E-state index in [-0.39, 0.29) is 6.09 Å². The SMILES string of the molecule is CCCCOC(=O)NCc1c[nH]c2ccccc12. The Kier molecular flexibility index (Phi) is 4.23. The second kappa shape index (κ2) is 6.10. The minimum atomic E-state index is -0.353. The third-order valence-corrected chi connectivity index (χ3v) is 2.83. The van der Waals surface area contributed by atoms with Gasteiger partial charge in [-0.15, -0.1) is 0 Å². The van der Waals surface area contributed by atoms with E-state index in [4.69, 9.17) is 4.74 Å². The fourth-order valence-electron chi connectivity index (χ4n) is 1.81. The van der Waals surface area contributed by atoms with E-state index < -0.39 is 0 Å². The molecular formula is C14H18N2O2. The van der Waals surface area contributed by atoms with Crippen LogP contribution < -0.4 is 5.32 Å². The number of aromatic amines is 1. The average molecular weight is 246 g/mol. The number of hydrogen-bond donors (Lipinski definition) is 2. The Morgan fingerprint density at radius 3 is 3.06 bits per heavy atom. The summed E-state index contributed by atoms with van der Waals surface area (Å²) in [6, 6.07) is 8.01. The van der Waals surface area contributed by atoms with Crippen LogP contribution in [0.15, 0.2) is 30.5 Å². The molecule has 0 saturated carbocycles. The summed E-state index contributed by atoms with van der Waals surface area (Å²) in [5, 5.41) is 3.89. The summed E-state index contributed by atoms with van der Waals surface area (Å²) in [5.41, 5.74) is 2.15. The van der Waals surface area contributed by atoms with Crippen molar-refractivity contribution in [1.29, 1.82) is 0 Å². The van der Waals surface area contributed by atoms with Crippen LogP contribution in [0, 0.1) is 0 Å². The minimum Gasteiger partial charge on any atom is -0.450 e. The van der Waals surface area contributed by atoms with E-state index in [0.717, 1.165) is 29.3 Å². The Labute approximate surface area is 106 Å². The summed E-state index contributed by atoms with van der Waals surface area (Å²) in [4.78, 5) is 14.6. The number of ether oxygens (including phenoxy) is 1. The molecular weight excluding hydrogens is 228 g/mol. The van der Waals surface area contributed by atoms with Gasteiger partial charge in [0.25, 0.3) is 0 Å². The van der Waals surface area contributed by atoms with Crippen molar-refractivity contribution in [3.05, 3.63) is 36.0 Å².